The van der Waals surface area contributed by atoms with Gasteiger partial charge in [-0.25, -0.2) is 9.07 Å². The maximum Gasteiger partial charge on any atom is 0.255 e. The molecule has 3 N–H and O–H groups in total. The molecule has 0 unspecified atom stereocenters. The highest BCUT2D eigenvalue weighted by molar-refractivity contribution is 5.96. The van der Waals surface area contributed by atoms with Crippen LogP contribution in [0.25, 0.3) is 11.3 Å². The Labute approximate surface area is 184 Å². The lowest BCUT2D eigenvalue weighted by molar-refractivity contribution is 0.0947. The Bertz CT molecular complexity index is 1180. The van der Waals surface area contributed by atoms with Crippen LogP contribution in [0.3, 0.4) is 0 Å². The van der Waals surface area contributed by atoms with Crippen molar-refractivity contribution in [3.05, 3.63) is 65.0 Å². The van der Waals surface area contributed by atoms with Crippen LogP contribution in [0.1, 0.15) is 33.9 Å². The number of halogens is 1. The van der Waals surface area contributed by atoms with Crippen LogP contribution in [-0.2, 0) is 11.3 Å². The maximum absolute atomic E-state index is 13.5. The number of benzene rings is 2. The SMILES string of the molecule is COc1ccc(F)cc1C(=O)NCc1ccc(-c2nn([C@@H]3CCOC3)c(N)c2C#N)cc1. The molecule has 1 atom stereocenters. The molecule has 2 heterocycles. The zero-order chi connectivity index (χ0) is 22.7. The molecule has 0 aliphatic carbocycles. The highest BCUT2D eigenvalue weighted by Gasteiger charge is 2.25. The number of ether oxygens (including phenoxy) is 2. The molecule has 0 radical (unpaired) electrons. The molecule has 164 valence electrons. The largest absolute Gasteiger partial charge is 0.496 e. The van der Waals surface area contributed by atoms with Crippen LogP contribution >= 0.6 is 0 Å². The van der Waals surface area contributed by atoms with E-state index in [0.29, 0.717) is 36.0 Å². The van der Waals surface area contributed by atoms with Crippen LogP contribution in [0, 0.1) is 17.1 Å². The molecule has 9 heteroatoms. The Balaban J connectivity index is 1.50. The van der Waals surface area contributed by atoms with Gasteiger partial charge in [0.05, 0.1) is 25.3 Å². The summed E-state index contributed by atoms with van der Waals surface area (Å²) in [5, 5.41) is 16.9. The zero-order valence-corrected chi connectivity index (χ0v) is 17.5. The number of nitrogens with one attached hydrogen (secondary N) is 1. The molecule has 1 aromatic heterocycles. The van der Waals surface area contributed by atoms with Gasteiger partial charge < -0.3 is 20.5 Å². The number of nitriles is 1. The van der Waals surface area contributed by atoms with Crippen molar-refractivity contribution in [3.8, 4) is 23.1 Å². The van der Waals surface area contributed by atoms with Gasteiger partial charge in [0.15, 0.2) is 0 Å². The van der Waals surface area contributed by atoms with Gasteiger partial charge >= 0.3 is 0 Å². The number of hydrogen-bond acceptors (Lipinski definition) is 6. The molecule has 4 rings (SSSR count). The Morgan fingerprint density at radius 3 is 2.81 bits per heavy atom. The van der Waals surface area contributed by atoms with Gasteiger partial charge in [-0.05, 0) is 30.2 Å². The summed E-state index contributed by atoms with van der Waals surface area (Å²) in [6, 6.07) is 13.2. The number of nitrogen functional groups attached to an aromatic ring is 1. The van der Waals surface area contributed by atoms with E-state index in [4.69, 9.17) is 15.2 Å². The highest BCUT2D eigenvalue weighted by Crippen LogP contribution is 2.31. The van der Waals surface area contributed by atoms with Crippen LogP contribution in [0.5, 0.6) is 5.75 Å². The third-order valence-electron chi connectivity index (χ3n) is 5.40. The minimum Gasteiger partial charge on any atom is -0.496 e. The molecule has 1 aliphatic heterocycles. The summed E-state index contributed by atoms with van der Waals surface area (Å²) in [6.07, 6.45) is 0.797. The normalized spacial score (nSPS) is 15.3. The van der Waals surface area contributed by atoms with Gasteiger partial charge in [-0.2, -0.15) is 10.4 Å². The van der Waals surface area contributed by atoms with E-state index >= 15 is 0 Å². The van der Waals surface area contributed by atoms with Crippen molar-refractivity contribution in [3.63, 3.8) is 0 Å². The highest BCUT2D eigenvalue weighted by atomic mass is 19.1. The smallest absolute Gasteiger partial charge is 0.255 e. The molecule has 0 bridgehead atoms. The van der Waals surface area contributed by atoms with Crippen molar-refractivity contribution in [2.75, 3.05) is 26.1 Å². The van der Waals surface area contributed by atoms with E-state index in [-0.39, 0.29) is 18.2 Å². The quantitative estimate of drug-likeness (QED) is 0.615. The fourth-order valence-electron chi connectivity index (χ4n) is 3.67. The first-order chi connectivity index (χ1) is 15.5. The molecule has 2 aromatic carbocycles. The summed E-state index contributed by atoms with van der Waals surface area (Å²) in [7, 11) is 1.42. The van der Waals surface area contributed by atoms with E-state index in [2.05, 4.69) is 16.5 Å². The van der Waals surface area contributed by atoms with Gasteiger partial charge in [0.1, 0.15) is 34.7 Å². The number of rotatable bonds is 6. The summed E-state index contributed by atoms with van der Waals surface area (Å²) in [5.41, 5.74) is 8.71. The molecule has 32 heavy (non-hydrogen) atoms. The number of hydrogen-bond donors (Lipinski definition) is 2. The third kappa shape index (κ3) is 4.13. The summed E-state index contributed by atoms with van der Waals surface area (Å²) in [6.45, 7) is 1.40. The number of aromatic nitrogens is 2. The number of carbonyl (C=O) groups excluding carboxylic acids is 1. The minimum absolute atomic E-state index is 0.0187. The first-order valence-corrected chi connectivity index (χ1v) is 10.1. The standard InChI is InChI=1S/C23H22FN5O3/c1-31-20-7-6-16(24)10-18(20)23(30)27-12-14-2-4-15(5-3-14)21-19(11-25)22(26)29(28-21)17-8-9-32-13-17/h2-7,10,17H,8-9,12-13,26H2,1H3,(H,27,30)/t17-/m1/s1. The van der Waals surface area contributed by atoms with Gasteiger partial charge in [0, 0.05) is 18.7 Å². The van der Waals surface area contributed by atoms with Crippen LogP contribution in [0.15, 0.2) is 42.5 Å². The van der Waals surface area contributed by atoms with Crippen molar-refractivity contribution >= 4 is 11.7 Å². The topological polar surface area (TPSA) is 115 Å². The molecular formula is C23H22FN5O3. The number of anilines is 1. The van der Waals surface area contributed by atoms with Gasteiger partial charge in [-0.3, -0.25) is 4.79 Å². The molecule has 3 aromatic rings. The van der Waals surface area contributed by atoms with Gasteiger partial charge in [0.25, 0.3) is 5.91 Å². The van der Waals surface area contributed by atoms with Crippen molar-refractivity contribution in [2.24, 2.45) is 0 Å². The van der Waals surface area contributed by atoms with E-state index in [1.165, 1.54) is 19.2 Å². The Morgan fingerprint density at radius 1 is 1.38 bits per heavy atom. The predicted octanol–water partition coefficient (Wildman–Crippen LogP) is 3.04. The second kappa shape index (κ2) is 9.08. The van der Waals surface area contributed by atoms with E-state index in [0.717, 1.165) is 23.6 Å². The fraction of sp³-hybridized carbons (Fsp3) is 0.261. The molecule has 0 saturated carbocycles. The van der Waals surface area contributed by atoms with Crippen molar-refractivity contribution < 1.29 is 18.7 Å². The van der Waals surface area contributed by atoms with Crippen LogP contribution in [-0.4, -0.2) is 36.0 Å². The maximum atomic E-state index is 13.5. The lowest BCUT2D eigenvalue weighted by Crippen LogP contribution is -2.23. The second-order valence-electron chi connectivity index (χ2n) is 7.41. The number of amides is 1. The third-order valence-corrected chi connectivity index (χ3v) is 5.40. The van der Waals surface area contributed by atoms with E-state index in [1.807, 2.05) is 24.3 Å². The Morgan fingerprint density at radius 2 is 2.16 bits per heavy atom. The Hall–Kier alpha value is -3.90. The van der Waals surface area contributed by atoms with Crippen molar-refractivity contribution in [1.29, 1.82) is 5.26 Å². The second-order valence-corrected chi connectivity index (χ2v) is 7.41. The molecule has 1 fully saturated rings. The summed E-state index contributed by atoms with van der Waals surface area (Å²) in [4.78, 5) is 12.5. The van der Waals surface area contributed by atoms with Crippen molar-refractivity contribution in [1.82, 2.24) is 15.1 Å². The van der Waals surface area contributed by atoms with Crippen LogP contribution < -0.4 is 15.8 Å². The molecule has 1 amide bonds. The first kappa shape index (κ1) is 21.3. The Kier molecular flexibility index (Phi) is 6.05. The van der Waals surface area contributed by atoms with Gasteiger partial charge in [-0.1, -0.05) is 24.3 Å². The lowest BCUT2D eigenvalue weighted by atomic mass is 10.1. The average Bonchev–Trinajstić information content (AvgIpc) is 3.45. The first-order valence-electron chi connectivity index (χ1n) is 10.1. The van der Waals surface area contributed by atoms with E-state index < -0.39 is 11.7 Å². The van der Waals surface area contributed by atoms with Gasteiger partial charge in [-0.15, -0.1) is 0 Å². The minimum atomic E-state index is -0.517. The van der Waals surface area contributed by atoms with Crippen LogP contribution in [0.4, 0.5) is 10.2 Å². The molecule has 8 nitrogen and oxygen atoms in total. The average molecular weight is 435 g/mol. The van der Waals surface area contributed by atoms with E-state index in [1.54, 1.807) is 4.68 Å². The summed E-state index contributed by atoms with van der Waals surface area (Å²) >= 11 is 0. The zero-order valence-electron chi connectivity index (χ0n) is 17.5. The van der Waals surface area contributed by atoms with Crippen LogP contribution in [0.2, 0.25) is 0 Å². The summed E-state index contributed by atoms with van der Waals surface area (Å²) in [5.74, 6) is -0.332. The number of nitrogens with two attached hydrogens (primary N) is 1. The van der Waals surface area contributed by atoms with Gasteiger partial charge in [0.2, 0.25) is 0 Å². The van der Waals surface area contributed by atoms with E-state index in [9.17, 15) is 14.4 Å². The molecular weight excluding hydrogens is 413 g/mol. The fourth-order valence-corrected chi connectivity index (χ4v) is 3.67. The number of nitrogens with zero attached hydrogens (tertiary/aromatic N) is 3. The molecule has 1 saturated heterocycles. The predicted molar refractivity (Wildman–Crippen MR) is 115 cm³/mol. The lowest BCUT2D eigenvalue weighted by Gasteiger charge is -2.10. The monoisotopic (exact) mass is 435 g/mol. The number of methoxy groups -OCH3 is 1. The number of carbonyl (C=O) groups is 1. The molecule has 0 spiro atoms. The molecule has 1 aliphatic rings. The van der Waals surface area contributed by atoms with Crippen molar-refractivity contribution in [2.45, 2.75) is 19.0 Å². The summed E-state index contributed by atoms with van der Waals surface area (Å²) < 4.78 is 25.7.